The lowest BCUT2D eigenvalue weighted by Gasteiger charge is -2.26. The SMILES string of the molecule is CCOC(=O)[C@@H]1CCCC[C@@H]1C. The molecular formula is C10H18O2. The summed E-state index contributed by atoms with van der Waals surface area (Å²) >= 11 is 0. The van der Waals surface area contributed by atoms with E-state index < -0.39 is 0 Å². The Labute approximate surface area is 74.3 Å². The van der Waals surface area contributed by atoms with E-state index in [1.54, 1.807) is 0 Å². The Hall–Kier alpha value is -0.530. The van der Waals surface area contributed by atoms with Crippen molar-refractivity contribution in [2.75, 3.05) is 6.61 Å². The Morgan fingerprint density at radius 2 is 2.08 bits per heavy atom. The molecule has 0 unspecified atom stereocenters. The van der Waals surface area contributed by atoms with Crippen LogP contribution in [0.25, 0.3) is 0 Å². The molecule has 0 amide bonds. The monoisotopic (exact) mass is 170 g/mol. The maximum absolute atomic E-state index is 11.4. The molecule has 0 aromatic rings. The van der Waals surface area contributed by atoms with Gasteiger partial charge in [-0.3, -0.25) is 4.79 Å². The van der Waals surface area contributed by atoms with Gasteiger partial charge in [-0.1, -0.05) is 19.8 Å². The van der Waals surface area contributed by atoms with E-state index >= 15 is 0 Å². The first kappa shape index (κ1) is 9.56. The highest BCUT2D eigenvalue weighted by Gasteiger charge is 2.28. The lowest BCUT2D eigenvalue weighted by atomic mass is 9.80. The van der Waals surface area contributed by atoms with Crippen molar-refractivity contribution in [1.82, 2.24) is 0 Å². The summed E-state index contributed by atoms with van der Waals surface area (Å²) in [5, 5.41) is 0. The third-order valence-corrected chi connectivity index (χ3v) is 2.70. The van der Waals surface area contributed by atoms with Gasteiger partial charge in [0.25, 0.3) is 0 Å². The molecule has 2 nitrogen and oxygen atoms in total. The normalized spacial score (nSPS) is 29.8. The number of rotatable bonds is 2. The number of hydrogen-bond donors (Lipinski definition) is 0. The van der Waals surface area contributed by atoms with Crippen LogP contribution < -0.4 is 0 Å². The van der Waals surface area contributed by atoms with Crippen LogP contribution in [0.4, 0.5) is 0 Å². The van der Waals surface area contributed by atoms with Crippen molar-refractivity contribution in [2.24, 2.45) is 11.8 Å². The Bertz CT molecular complexity index is 154. The van der Waals surface area contributed by atoms with Gasteiger partial charge in [-0.05, 0) is 25.7 Å². The molecule has 2 atom stereocenters. The van der Waals surface area contributed by atoms with E-state index in [1.807, 2.05) is 6.92 Å². The van der Waals surface area contributed by atoms with Gasteiger partial charge in [0.15, 0.2) is 0 Å². The summed E-state index contributed by atoms with van der Waals surface area (Å²) in [6, 6.07) is 0. The molecule has 1 aliphatic carbocycles. The van der Waals surface area contributed by atoms with Gasteiger partial charge >= 0.3 is 5.97 Å². The molecule has 1 rings (SSSR count). The van der Waals surface area contributed by atoms with Crippen LogP contribution in [-0.4, -0.2) is 12.6 Å². The summed E-state index contributed by atoms with van der Waals surface area (Å²) in [4.78, 5) is 11.4. The summed E-state index contributed by atoms with van der Waals surface area (Å²) in [5.41, 5.74) is 0. The number of carbonyl (C=O) groups excluding carboxylic acids is 1. The Morgan fingerprint density at radius 3 is 2.67 bits per heavy atom. The molecule has 0 aromatic heterocycles. The highest BCUT2D eigenvalue weighted by atomic mass is 16.5. The van der Waals surface area contributed by atoms with Crippen LogP contribution in [0.2, 0.25) is 0 Å². The van der Waals surface area contributed by atoms with Gasteiger partial charge in [-0.2, -0.15) is 0 Å². The standard InChI is InChI=1S/C10H18O2/c1-3-12-10(11)9-7-5-4-6-8(9)2/h8-9H,3-7H2,1-2H3/t8-,9+/m0/s1. The smallest absolute Gasteiger partial charge is 0.309 e. The first-order chi connectivity index (χ1) is 5.75. The summed E-state index contributed by atoms with van der Waals surface area (Å²) in [6.45, 7) is 4.54. The van der Waals surface area contributed by atoms with Crippen molar-refractivity contribution in [2.45, 2.75) is 39.5 Å². The Balaban J connectivity index is 2.42. The predicted molar refractivity (Wildman–Crippen MR) is 47.8 cm³/mol. The van der Waals surface area contributed by atoms with E-state index in [1.165, 1.54) is 19.3 Å². The van der Waals surface area contributed by atoms with Crippen molar-refractivity contribution in [3.63, 3.8) is 0 Å². The van der Waals surface area contributed by atoms with Crippen LogP contribution in [0.3, 0.4) is 0 Å². The topological polar surface area (TPSA) is 26.3 Å². The van der Waals surface area contributed by atoms with Gasteiger partial charge in [-0.15, -0.1) is 0 Å². The van der Waals surface area contributed by atoms with Crippen LogP contribution in [0.5, 0.6) is 0 Å². The Kier molecular flexibility index (Phi) is 3.57. The molecule has 0 saturated heterocycles. The number of hydrogen-bond acceptors (Lipinski definition) is 2. The van der Waals surface area contributed by atoms with Gasteiger partial charge in [0.2, 0.25) is 0 Å². The van der Waals surface area contributed by atoms with Gasteiger partial charge < -0.3 is 4.74 Å². The van der Waals surface area contributed by atoms with E-state index in [4.69, 9.17) is 4.74 Å². The lowest BCUT2D eigenvalue weighted by molar-refractivity contribution is -0.150. The molecule has 0 radical (unpaired) electrons. The summed E-state index contributed by atoms with van der Waals surface area (Å²) in [7, 11) is 0. The molecule has 0 N–H and O–H groups in total. The quantitative estimate of drug-likeness (QED) is 0.595. The maximum atomic E-state index is 11.4. The second-order valence-corrected chi connectivity index (χ2v) is 3.62. The van der Waals surface area contributed by atoms with Crippen LogP contribution in [0.1, 0.15) is 39.5 Å². The predicted octanol–water partition coefficient (Wildman–Crippen LogP) is 2.38. The number of carbonyl (C=O) groups is 1. The van der Waals surface area contributed by atoms with Gasteiger partial charge in [0, 0.05) is 0 Å². The fourth-order valence-electron chi connectivity index (χ4n) is 1.92. The fraction of sp³-hybridized carbons (Fsp3) is 0.900. The maximum Gasteiger partial charge on any atom is 0.309 e. The van der Waals surface area contributed by atoms with Crippen LogP contribution in [0.15, 0.2) is 0 Å². The second kappa shape index (κ2) is 4.48. The van der Waals surface area contributed by atoms with E-state index in [2.05, 4.69) is 6.92 Å². The second-order valence-electron chi connectivity index (χ2n) is 3.62. The third kappa shape index (κ3) is 2.23. The highest BCUT2D eigenvalue weighted by molar-refractivity contribution is 5.72. The molecule has 70 valence electrons. The minimum absolute atomic E-state index is 0.0182. The average molecular weight is 170 g/mol. The molecule has 2 heteroatoms. The molecule has 0 aromatic carbocycles. The lowest BCUT2D eigenvalue weighted by Crippen LogP contribution is -2.27. The van der Waals surface area contributed by atoms with Crippen LogP contribution >= 0.6 is 0 Å². The molecule has 0 heterocycles. The highest BCUT2D eigenvalue weighted by Crippen LogP contribution is 2.30. The van der Waals surface area contributed by atoms with Crippen molar-refractivity contribution in [1.29, 1.82) is 0 Å². The average Bonchev–Trinajstić information content (AvgIpc) is 2.05. The summed E-state index contributed by atoms with van der Waals surface area (Å²) in [5.74, 6) is 0.723. The van der Waals surface area contributed by atoms with Gasteiger partial charge in [-0.25, -0.2) is 0 Å². The van der Waals surface area contributed by atoms with E-state index in [0.717, 1.165) is 6.42 Å². The van der Waals surface area contributed by atoms with Gasteiger partial charge in [0.05, 0.1) is 12.5 Å². The van der Waals surface area contributed by atoms with E-state index in [-0.39, 0.29) is 11.9 Å². The van der Waals surface area contributed by atoms with Crippen molar-refractivity contribution in [3.05, 3.63) is 0 Å². The Morgan fingerprint density at radius 1 is 1.42 bits per heavy atom. The first-order valence-electron chi connectivity index (χ1n) is 4.92. The van der Waals surface area contributed by atoms with E-state index in [0.29, 0.717) is 12.5 Å². The number of ether oxygens (including phenoxy) is 1. The minimum Gasteiger partial charge on any atom is -0.466 e. The largest absolute Gasteiger partial charge is 0.466 e. The zero-order valence-electron chi connectivity index (χ0n) is 8.01. The van der Waals surface area contributed by atoms with Crippen LogP contribution in [0, 0.1) is 11.8 Å². The molecule has 0 spiro atoms. The summed E-state index contributed by atoms with van der Waals surface area (Å²) < 4.78 is 5.01. The third-order valence-electron chi connectivity index (χ3n) is 2.70. The summed E-state index contributed by atoms with van der Waals surface area (Å²) in [6.07, 6.45) is 4.67. The van der Waals surface area contributed by atoms with Crippen LogP contribution in [-0.2, 0) is 9.53 Å². The van der Waals surface area contributed by atoms with Gasteiger partial charge in [0.1, 0.15) is 0 Å². The molecule has 1 saturated carbocycles. The van der Waals surface area contributed by atoms with Crippen molar-refractivity contribution < 1.29 is 9.53 Å². The molecule has 1 aliphatic rings. The number of esters is 1. The van der Waals surface area contributed by atoms with Crippen molar-refractivity contribution in [3.8, 4) is 0 Å². The molecule has 1 fully saturated rings. The van der Waals surface area contributed by atoms with E-state index in [9.17, 15) is 4.79 Å². The fourth-order valence-corrected chi connectivity index (χ4v) is 1.92. The van der Waals surface area contributed by atoms with Crippen molar-refractivity contribution >= 4 is 5.97 Å². The minimum atomic E-state index is 0.0182. The molecular weight excluding hydrogens is 152 g/mol. The molecule has 0 bridgehead atoms. The first-order valence-corrected chi connectivity index (χ1v) is 4.92. The zero-order valence-corrected chi connectivity index (χ0v) is 8.01. The molecule has 12 heavy (non-hydrogen) atoms. The molecule has 0 aliphatic heterocycles. The zero-order chi connectivity index (χ0) is 8.97.